The van der Waals surface area contributed by atoms with Crippen LogP contribution in [-0.4, -0.2) is 42.6 Å². The van der Waals surface area contributed by atoms with E-state index in [1.54, 1.807) is 7.11 Å². The second-order valence-electron chi connectivity index (χ2n) is 6.61. The van der Waals surface area contributed by atoms with Gasteiger partial charge in [0, 0.05) is 12.0 Å². The van der Waals surface area contributed by atoms with Gasteiger partial charge in [-0.25, -0.2) is 0 Å². The van der Waals surface area contributed by atoms with E-state index < -0.39 is 0 Å². The van der Waals surface area contributed by atoms with E-state index in [0.29, 0.717) is 5.92 Å². The SMILES string of the molecule is CCN1CCC2(c3cccc(OC)c3)CC(=NO)CCC2C1. The number of oxime groups is 1. The maximum atomic E-state index is 9.29. The molecular formula is C18H26N2O2. The highest BCUT2D eigenvalue weighted by molar-refractivity contribution is 5.86. The average Bonchev–Trinajstić information content (AvgIpc) is 2.60. The lowest BCUT2D eigenvalue weighted by Crippen LogP contribution is -2.52. The van der Waals surface area contributed by atoms with Crippen LogP contribution in [0.4, 0.5) is 0 Å². The molecule has 4 heteroatoms. The molecule has 0 aromatic heterocycles. The van der Waals surface area contributed by atoms with Crippen LogP contribution in [-0.2, 0) is 5.41 Å². The van der Waals surface area contributed by atoms with Gasteiger partial charge in [-0.05, 0) is 62.4 Å². The summed E-state index contributed by atoms with van der Waals surface area (Å²) in [4.78, 5) is 2.55. The Morgan fingerprint density at radius 1 is 1.45 bits per heavy atom. The van der Waals surface area contributed by atoms with Gasteiger partial charge < -0.3 is 14.8 Å². The quantitative estimate of drug-likeness (QED) is 0.688. The number of methoxy groups -OCH3 is 1. The minimum absolute atomic E-state index is 0.0972. The molecule has 2 unspecified atom stereocenters. The van der Waals surface area contributed by atoms with Gasteiger partial charge >= 0.3 is 0 Å². The first kappa shape index (κ1) is 15.3. The summed E-state index contributed by atoms with van der Waals surface area (Å²) in [5, 5.41) is 12.9. The van der Waals surface area contributed by atoms with Gasteiger partial charge in [0.2, 0.25) is 0 Å². The molecule has 22 heavy (non-hydrogen) atoms. The molecule has 1 aliphatic heterocycles. The van der Waals surface area contributed by atoms with Gasteiger partial charge in [-0.1, -0.05) is 24.2 Å². The maximum Gasteiger partial charge on any atom is 0.119 e. The molecule has 1 aliphatic carbocycles. The van der Waals surface area contributed by atoms with E-state index in [1.165, 1.54) is 5.56 Å². The van der Waals surface area contributed by atoms with Gasteiger partial charge in [0.15, 0.2) is 0 Å². The molecule has 0 radical (unpaired) electrons. The third-order valence-corrected chi connectivity index (χ3v) is 5.67. The number of hydrogen-bond donors (Lipinski definition) is 1. The molecule has 2 aliphatic rings. The molecule has 2 atom stereocenters. The Kier molecular flexibility index (Phi) is 4.39. The largest absolute Gasteiger partial charge is 0.497 e. The molecule has 1 saturated carbocycles. The molecule has 0 spiro atoms. The highest BCUT2D eigenvalue weighted by Gasteiger charge is 2.47. The minimum atomic E-state index is 0.0972. The zero-order chi connectivity index (χ0) is 15.6. The Morgan fingerprint density at radius 3 is 3.05 bits per heavy atom. The molecule has 1 aromatic carbocycles. The van der Waals surface area contributed by atoms with E-state index in [9.17, 15) is 5.21 Å². The lowest BCUT2D eigenvalue weighted by molar-refractivity contribution is 0.0835. The van der Waals surface area contributed by atoms with Crippen LogP contribution in [0.2, 0.25) is 0 Å². The van der Waals surface area contributed by atoms with Crippen molar-refractivity contribution in [3.8, 4) is 5.75 Å². The lowest BCUT2D eigenvalue weighted by Gasteiger charge is -2.51. The van der Waals surface area contributed by atoms with Crippen molar-refractivity contribution in [2.45, 2.75) is 38.0 Å². The van der Waals surface area contributed by atoms with Gasteiger partial charge in [-0.15, -0.1) is 0 Å². The van der Waals surface area contributed by atoms with Crippen LogP contribution in [0.5, 0.6) is 5.75 Å². The van der Waals surface area contributed by atoms with Crippen molar-refractivity contribution in [1.82, 2.24) is 4.90 Å². The van der Waals surface area contributed by atoms with Crippen LogP contribution >= 0.6 is 0 Å². The molecule has 3 rings (SSSR count). The monoisotopic (exact) mass is 302 g/mol. The smallest absolute Gasteiger partial charge is 0.119 e. The summed E-state index contributed by atoms with van der Waals surface area (Å²) in [5.74, 6) is 1.54. The van der Waals surface area contributed by atoms with Crippen LogP contribution in [0.1, 0.15) is 38.2 Å². The second-order valence-corrected chi connectivity index (χ2v) is 6.61. The van der Waals surface area contributed by atoms with E-state index in [2.05, 4.69) is 35.2 Å². The van der Waals surface area contributed by atoms with Crippen LogP contribution < -0.4 is 4.74 Å². The van der Waals surface area contributed by atoms with Crippen molar-refractivity contribution in [2.24, 2.45) is 11.1 Å². The summed E-state index contributed by atoms with van der Waals surface area (Å²) in [6, 6.07) is 8.48. The Balaban J connectivity index is 1.99. The molecule has 2 fully saturated rings. The van der Waals surface area contributed by atoms with Crippen molar-refractivity contribution in [1.29, 1.82) is 0 Å². The van der Waals surface area contributed by atoms with Gasteiger partial charge in [0.1, 0.15) is 5.75 Å². The number of ether oxygens (including phenoxy) is 1. The van der Waals surface area contributed by atoms with E-state index >= 15 is 0 Å². The number of piperidine rings is 1. The molecule has 0 amide bonds. The van der Waals surface area contributed by atoms with E-state index in [-0.39, 0.29) is 5.41 Å². The fourth-order valence-corrected chi connectivity index (χ4v) is 4.32. The standard InChI is InChI=1S/C18H26N2O2/c1-3-20-10-9-18(14-5-4-6-17(11-14)22-2)12-16(19-21)8-7-15(18)13-20/h4-6,11,15,21H,3,7-10,12-13H2,1-2H3. The summed E-state index contributed by atoms with van der Waals surface area (Å²) in [5.41, 5.74) is 2.39. The van der Waals surface area contributed by atoms with Crippen LogP contribution in [0, 0.1) is 5.92 Å². The number of benzene rings is 1. The molecule has 1 saturated heterocycles. The van der Waals surface area contributed by atoms with Crippen molar-refractivity contribution >= 4 is 5.71 Å². The predicted molar refractivity (Wildman–Crippen MR) is 88.0 cm³/mol. The number of likely N-dealkylation sites (tertiary alicyclic amines) is 1. The fourth-order valence-electron chi connectivity index (χ4n) is 4.32. The molecule has 1 heterocycles. The summed E-state index contributed by atoms with van der Waals surface area (Å²) >= 11 is 0. The first-order valence-electron chi connectivity index (χ1n) is 8.28. The molecule has 120 valence electrons. The van der Waals surface area contributed by atoms with Gasteiger partial charge in [0.05, 0.1) is 12.8 Å². The topological polar surface area (TPSA) is 45.1 Å². The van der Waals surface area contributed by atoms with E-state index in [1.807, 2.05) is 6.07 Å². The Labute approximate surface area is 132 Å². The number of rotatable bonds is 3. The first-order chi connectivity index (χ1) is 10.7. The molecule has 4 nitrogen and oxygen atoms in total. The van der Waals surface area contributed by atoms with Crippen molar-refractivity contribution in [3.63, 3.8) is 0 Å². The summed E-state index contributed by atoms with van der Waals surface area (Å²) < 4.78 is 5.43. The zero-order valence-corrected chi connectivity index (χ0v) is 13.6. The van der Waals surface area contributed by atoms with Crippen LogP contribution in [0.3, 0.4) is 0 Å². The zero-order valence-electron chi connectivity index (χ0n) is 13.6. The van der Waals surface area contributed by atoms with E-state index in [0.717, 1.165) is 56.8 Å². The Morgan fingerprint density at radius 2 is 2.32 bits per heavy atom. The lowest BCUT2D eigenvalue weighted by atomic mass is 9.58. The number of hydrogen-bond acceptors (Lipinski definition) is 4. The highest BCUT2D eigenvalue weighted by atomic mass is 16.5. The van der Waals surface area contributed by atoms with Crippen molar-refractivity contribution < 1.29 is 9.94 Å². The second kappa shape index (κ2) is 6.29. The summed E-state index contributed by atoms with van der Waals surface area (Å²) in [7, 11) is 1.72. The summed E-state index contributed by atoms with van der Waals surface area (Å²) in [6.07, 6.45) is 4.02. The highest BCUT2D eigenvalue weighted by Crippen LogP contribution is 2.48. The van der Waals surface area contributed by atoms with Gasteiger partial charge in [-0.2, -0.15) is 0 Å². The Hall–Kier alpha value is -1.55. The van der Waals surface area contributed by atoms with Crippen molar-refractivity contribution in [2.75, 3.05) is 26.7 Å². The van der Waals surface area contributed by atoms with Gasteiger partial charge in [0.25, 0.3) is 0 Å². The fraction of sp³-hybridized carbons (Fsp3) is 0.611. The summed E-state index contributed by atoms with van der Waals surface area (Å²) in [6.45, 7) is 5.61. The molecule has 1 aromatic rings. The van der Waals surface area contributed by atoms with E-state index in [4.69, 9.17) is 4.74 Å². The normalized spacial score (nSPS) is 31.0. The third-order valence-electron chi connectivity index (χ3n) is 5.67. The maximum absolute atomic E-state index is 9.29. The number of nitrogens with zero attached hydrogens (tertiary/aromatic N) is 2. The van der Waals surface area contributed by atoms with Crippen LogP contribution in [0.25, 0.3) is 0 Å². The average molecular weight is 302 g/mol. The molecular weight excluding hydrogens is 276 g/mol. The minimum Gasteiger partial charge on any atom is -0.497 e. The molecule has 1 N–H and O–H groups in total. The predicted octanol–water partition coefficient (Wildman–Crippen LogP) is 3.29. The molecule has 0 bridgehead atoms. The first-order valence-corrected chi connectivity index (χ1v) is 8.28. The Bertz CT molecular complexity index is 558. The third kappa shape index (κ3) is 2.60. The number of fused-ring (bicyclic) bond motifs is 1. The van der Waals surface area contributed by atoms with Crippen LogP contribution in [0.15, 0.2) is 29.4 Å². The van der Waals surface area contributed by atoms with Gasteiger partial charge in [-0.3, -0.25) is 0 Å². The van der Waals surface area contributed by atoms with Crippen molar-refractivity contribution in [3.05, 3.63) is 29.8 Å².